The summed E-state index contributed by atoms with van der Waals surface area (Å²) in [5.41, 5.74) is 0. The van der Waals surface area contributed by atoms with Gasteiger partial charge >= 0.3 is 46.9 Å². The van der Waals surface area contributed by atoms with Crippen LogP contribution in [0.5, 0.6) is 0 Å². The van der Waals surface area contributed by atoms with Gasteiger partial charge in [-0.3, -0.25) is 0 Å². The van der Waals surface area contributed by atoms with Crippen molar-refractivity contribution in [1.82, 2.24) is 0 Å². The van der Waals surface area contributed by atoms with E-state index in [0.717, 1.165) is 6.92 Å². The third kappa shape index (κ3) is 5.56. The molecule has 0 fully saturated rings. The predicted molar refractivity (Wildman–Crippen MR) is 15.4 cm³/mol. The number of hydrogen-bond donors (Lipinski definition) is 1. The molecule has 0 bridgehead atoms. The second-order valence-electron chi connectivity index (χ2n) is 1.00. The Kier molecular flexibility index (Phi) is 2.10. The normalized spacial score (nSPS) is 10.8. The van der Waals surface area contributed by atoms with Crippen LogP contribution in [-0.4, -0.2) is 10.1 Å². The molecule has 1 N–H and O–H groups in total. The third-order valence-electron chi connectivity index (χ3n) is 0.223. The topological polar surface area (TPSA) is 80.7 Å². The zero-order valence-corrected chi connectivity index (χ0v) is 5.26. The van der Waals surface area contributed by atoms with Gasteiger partial charge in [-0.2, -0.15) is 0 Å². The maximum absolute atomic E-state index is 9.72. The van der Waals surface area contributed by atoms with Gasteiger partial charge in [0.1, 0.15) is 0 Å². The number of carbonyl (C=O) groups is 1. The van der Waals surface area contributed by atoms with Crippen LogP contribution in [0.1, 0.15) is 6.92 Å². The van der Waals surface area contributed by atoms with Crippen molar-refractivity contribution in [3.8, 4) is 0 Å². The maximum atomic E-state index is 9.72. The molecule has 0 aromatic heterocycles. The molecule has 0 saturated carbocycles. The Bertz CT molecular complexity index is 177. The second kappa shape index (κ2) is 2.22. The van der Waals surface area contributed by atoms with Gasteiger partial charge in [-0.1, -0.05) is 0 Å². The Labute approximate surface area is 47.6 Å². The average Bonchev–Trinajstić information content (AvgIpc) is 1.21. The van der Waals surface area contributed by atoms with Crippen molar-refractivity contribution >= 4 is 5.97 Å². The first-order valence-corrected chi connectivity index (χ1v) is 3.72. The molecule has 0 rings (SSSR count). The molecule has 5 nitrogen and oxygen atoms in total. The van der Waals surface area contributed by atoms with Crippen LogP contribution in [0.3, 0.4) is 0 Å². The van der Waals surface area contributed by atoms with E-state index < -0.39 is 19.6 Å². The van der Waals surface area contributed by atoms with E-state index in [1.165, 1.54) is 0 Å². The molecule has 0 unspecified atom stereocenters. The van der Waals surface area contributed by atoms with Crippen molar-refractivity contribution < 1.29 is 34.0 Å². The molecule has 0 aromatic rings. The molecule has 0 aromatic carbocycles. The summed E-state index contributed by atoms with van der Waals surface area (Å²) in [5.74, 6) is -1.03. The molecule has 0 heterocycles. The first-order chi connectivity index (χ1) is 3.42. The molecule has 0 spiro atoms. The van der Waals surface area contributed by atoms with Crippen molar-refractivity contribution in [3.05, 3.63) is 0 Å². The summed E-state index contributed by atoms with van der Waals surface area (Å²) in [4.78, 5) is 9.72. The van der Waals surface area contributed by atoms with Gasteiger partial charge in [0.25, 0.3) is 0 Å². The van der Waals surface area contributed by atoms with E-state index in [0.29, 0.717) is 0 Å². The standard InChI is InChI=1S/C2H4O2.Cr.H2O.2O/c1-2(3)4;;;;/h1H3,(H,3,4);;1H2;;/q;+2;;;/p-2. The summed E-state index contributed by atoms with van der Waals surface area (Å²) in [7, 11) is 0. The Morgan fingerprint density at radius 2 is 2.00 bits per heavy atom. The van der Waals surface area contributed by atoms with Crippen LogP contribution in [0, 0.1) is 0 Å². The van der Waals surface area contributed by atoms with Crippen LogP contribution in [-0.2, 0) is 29.8 Å². The summed E-state index contributed by atoms with van der Waals surface area (Å²) in [6.45, 7) is 0.887. The molecule has 0 amide bonds. The molecule has 0 atom stereocenters. The van der Waals surface area contributed by atoms with Crippen molar-refractivity contribution in [2.75, 3.05) is 0 Å². The van der Waals surface area contributed by atoms with Gasteiger partial charge < -0.3 is 0 Å². The number of hydrogen-bond acceptors (Lipinski definition) is 4. The van der Waals surface area contributed by atoms with E-state index in [9.17, 15) is 12.4 Å². The van der Waals surface area contributed by atoms with Crippen molar-refractivity contribution in [1.29, 1.82) is 0 Å². The number of carbonyl (C=O) groups excluding carboxylic acids is 1. The van der Waals surface area contributed by atoms with Gasteiger partial charge in [0.15, 0.2) is 0 Å². The average molecular weight is 160 g/mol. The molecule has 0 aliphatic carbocycles. The first kappa shape index (κ1) is 7.56. The van der Waals surface area contributed by atoms with E-state index >= 15 is 0 Å². The van der Waals surface area contributed by atoms with Crippen molar-refractivity contribution in [3.63, 3.8) is 0 Å². The van der Waals surface area contributed by atoms with Gasteiger partial charge in [0.05, 0.1) is 0 Å². The van der Waals surface area contributed by atoms with E-state index in [1.807, 2.05) is 0 Å². The fourth-order valence-electron chi connectivity index (χ4n) is 0.148. The van der Waals surface area contributed by atoms with Crippen LogP contribution in [0.2, 0.25) is 0 Å². The Hall–Kier alpha value is -0.438. The van der Waals surface area contributed by atoms with Gasteiger partial charge in [-0.05, 0) is 0 Å². The quantitative estimate of drug-likeness (QED) is 0.544. The van der Waals surface area contributed by atoms with Crippen LogP contribution in [0.15, 0.2) is 0 Å². The molecule has 0 aliphatic heterocycles. The Balaban J connectivity index is 3.95. The predicted octanol–water partition coefficient (Wildman–Crippen LogP) is -0.783. The van der Waals surface area contributed by atoms with E-state index in [-0.39, 0.29) is 0 Å². The Morgan fingerprint density at radius 1 is 1.62 bits per heavy atom. The second-order valence-corrected chi connectivity index (χ2v) is 2.60. The molecule has 0 saturated heterocycles. The molecule has 8 heavy (non-hydrogen) atoms. The van der Waals surface area contributed by atoms with Crippen molar-refractivity contribution in [2.45, 2.75) is 6.92 Å². The van der Waals surface area contributed by atoms with E-state index in [4.69, 9.17) is 4.16 Å². The van der Waals surface area contributed by atoms with Crippen LogP contribution in [0.4, 0.5) is 0 Å². The van der Waals surface area contributed by atoms with Crippen molar-refractivity contribution in [2.24, 2.45) is 0 Å². The monoisotopic (exact) mass is 160 g/mol. The first-order valence-electron chi connectivity index (χ1n) is 1.59. The summed E-state index contributed by atoms with van der Waals surface area (Å²) in [6.07, 6.45) is 0. The molecular formula is C2H4CrO5. The number of rotatable bonds is 1. The molecule has 6 heteroatoms. The van der Waals surface area contributed by atoms with E-state index in [2.05, 4.69) is 3.79 Å². The Morgan fingerprint density at radius 3 is 2.00 bits per heavy atom. The summed E-state index contributed by atoms with van der Waals surface area (Å²) in [5, 5.41) is 0. The minimum absolute atomic E-state index is 0.887. The molecule has 0 radical (unpaired) electrons. The van der Waals surface area contributed by atoms with Crippen LogP contribution >= 0.6 is 0 Å². The third-order valence-corrected chi connectivity index (χ3v) is 0.918. The summed E-state index contributed by atoms with van der Waals surface area (Å²) < 4.78 is 30.4. The summed E-state index contributed by atoms with van der Waals surface area (Å²) >= 11 is -5.23. The zero-order chi connectivity index (χ0) is 6.78. The van der Waals surface area contributed by atoms with Crippen LogP contribution in [0.25, 0.3) is 0 Å². The van der Waals surface area contributed by atoms with Gasteiger partial charge in [-0.25, -0.2) is 0 Å². The molecular weight excluding hydrogens is 156 g/mol. The fourth-order valence-corrected chi connectivity index (χ4v) is 0.611. The SMILES string of the molecule is CC(=O)[O][Cr](=[O])(=[O])[OH]. The van der Waals surface area contributed by atoms with Gasteiger partial charge in [0.2, 0.25) is 0 Å². The zero-order valence-electron chi connectivity index (χ0n) is 3.99. The minimum atomic E-state index is -5.23. The van der Waals surface area contributed by atoms with Crippen LogP contribution < -0.4 is 0 Å². The fraction of sp³-hybridized carbons (Fsp3) is 0.500. The summed E-state index contributed by atoms with van der Waals surface area (Å²) in [6, 6.07) is 0. The van der Waals surface area contributed by atoms with E-state index in [1.54, 1.807) is 0 Å². The van der Waals surface area contributed by atoms with Gasteiger partial charge in [0, 0.05) is 0 Å². The van der Waals surface area contributed by atoms with Gasteiger partial charge in [-0.15, -0.1) is 0 Å². The molecule has 0 aliphatic rings. The molecule has 48 valence electrons.